The highest BCUT2D eigenvalue weighted by molar-refractivity contribution is 5.71. The molecule has 0 spiro atoms. The van der Waals surface area contributed by atoms with Crippen molar-refractivity contribution >= 4 is 12.2 Å². The third-order valence-corrected chi connectivity index (χ3v) is 2.87. The van der Waals surface area contributed by atoms with Gasteiger partial charge in [-0.1, -0.05) is 0 Å². The summed E-state index contributed by atoms with van der Waals surface area (Å²) in [5, 5.41) is 9.57. The van der Waals surface area contributed by atoms with Gasteiger partial charge in [0.05, 0.1) is 6.10 Å². The zero-order valence-corrected chi connectivity index (χ0v) is 8.72. The number of carbonyl (C=O) groups is 1. The van der Waals surface area contributed by atoms with Crippen LogP contribution in [0.1, 0.15) is 30.3 Å². The highest BCUT2D eigenvalue weighted by Crippen LogP contribution is 2.26. The molecule has 0 saturated carbocycles. The molecule has 1 aliphatic rings. The number of piperidine rings is 1. The Balaban J connectivity index is 2.17. The summed E-state index contributed by atoms with van der Waals surface area (Å²) in [6, 6.07) is 3.77. The molecule has 0 aromatic carbocycles. The van der Waals surface area contributed by atoms with Crippen molar-refractivity contribution in [3.63, 3.8) is 0 Å². The predicted octanol–water partition coefficient (Wildman–Crippen LogP) is 1.44. The molecule has 0 aliphatic carbocycles. The van der Waals surface area contributed by atoms with E-state index in [-0.39, 0.29) is 6.10 Å². The number of nitrogens with zero attached hydrogens (tertiary/aromatic N) is 1. The van der Waals surface area contributed by atoms with Crippen LogP contribution in [-0.4, -0.2) is 30.1 Å². The molecule has 4 heteroatoms. The lowest BCUT2D eigenvalue weighted by Crippen LogP contribution is -2.44. The molecule has 2 atom stereocenters. The second kappa shape index (κ2) is 4.06. The molecular formula is C11H15NO3. The standard InChI is InChI=1S/C11H15NO3/c1-8-2-3-9(14)6-12(8)11-5-4-10(7-13)15-11/h4-5,7-9,14H,2-3,6H2,1H3/t8-,9-/m0/s1. The first-order valence-corrected chi connectivity index (χ1v) is 5.20. The van der Waals surface area contributed by atoms with Crippen molar-refractivity contribution in [2.24, 2.45) is 0 Å². The molecule has 82 valence electrons. The SMILES string of the molecule is C[C@H]1CC[C@H](O)CN1c1ccc(C=O)o1. The van der Waals surface area contributed by atoms with Gasteiger partial charge in [0.2, 0.25) is 0 Å². The van der Waals surface area contributed by atoms with Gasteiger partial charge in [-0.05, 0) is 25.8 Å². The van der Waals surface area contributed by atoms with Gasteiger partial charge in [0, 0.05) is 18.7 Å². The lowest BCUT2D eigenvalue weighted by atomic mass is 10.0. The van der Waals surface area contributed by atoms with Crippen molar-refractivity contribution in [2.75, 3.05) is 11.4 Å². The second-order valence-electron chi connectivity index (χ2n) is 4.03. The van der Waals surface area contributed by atoms with Crippen LogP contribution in [0.15, 0.2) is 16.5 Å². The minimum atomic E-state index is -0.300. The van der Waals surface area contributed by atoms with Crippen molar-refractivity contribution < 1.29 is 14.3 Å². The lowest BCUT2D eigenvalue weighted by Gasteiger charge is -2.35. The van der Waals surface area contributed by atoms with Gasteiger partial charge in [0.1, 0.15) is 0 Å². The molecule has 4 nitrogen and oxygen atoms in total. The largest absolute Gasteiger partial charge is 0.438 e. The number of carbonyl (C=O) groups excluding carboxylic acids is 1. The molecule has 2 rings (SSSR count). The Morgan fingerprint density at radius 3 is 3.00 bits per heavy atom. The van der Waals surface area contributed by atoms with Crippen molar-refractivity contribution in [1.82, 2.24) is 0 Å². The molecule has 1 saturated heterocycles. The van der Waals surface area contributed by atoms with Gasteiger partial charge in [-0.15, -0.1) is 0 Å². The Hall–Kier alpha value is -1.29. The molecule has 1 fully saturated rings. The van der Waals surface area contributed by atoms with E-state index in [2.05, 4.69) is 6.92 Å². The van der Waals surface area contributed by atoms with Crippen molar-refractivity contribution in [1.29, 1.82) is 0 Å². The van der Waals surface area contributed by atoms with Crippen molar-refractivity contribution in [2.45, 2.75) is 31.9 Å². The zero-order chi connectivity index (χ0) is 10.8. The fourth-order valence-corrected chi connectivity index (χ4v) is 1.95. The average Bonchev–Trinajstić information content (AvgIpc) is 2.70. The molecule has 1 aromatic heterocycles. The van der Waals surface area contributed by atoms with E-state index in [1.807, 2.05) is 4.90 Å². The minimum absolute atomic E-state index is 0.300. The second-order valence-corrected chi connectivity index (χ2v) is 4.03. The first kappa shape index (κ1) is 10.2. The predicted molar refractivity (Wildman–Crippen MR) is 56.1 cm³/mol. The number of furan rings is 1. The summed E-state index contributed by atoms with van der Waals surface area (Å²) >= 11 is 0. The van der Waals surface area contributed by atoms with Crippen LogP contribution in [-0.2, 0) is 0 Å². The van der Waals surface area contributed by atoms with Crippen LogP contribution < -0.4 is 4.90 Å². The third-order valence-electron chi connectivity index (χ3n) is 2.87. The van der Waals surface area contributed by atoms with E-state index in [0.717, 1.165) is 12.8 Å². The quantitative estimate of drug-likeness (QED) is 0.749. The monoisotopic (exact) mass is 209 g/mol. The summed E-state index contributed by atoms with van der Waals surface area (Å²) < 4.78 is 5.34. The zero-order valence-electron chi connectivity index (χ0n) is 8.72. The van der Waals surface area contributed by atoms with Crippen LogP contribution >= 0.6 is 0 Å². The highest BCUT2D eigenvalue weighted by atomic mass is 16.4. The number of aliphatic hydroxyl groups excluding tert-OH is 1. The summed E-state index contributed by atoms with van der Waals surface area (Å²) in [4.78, 5) is 12.5. The Labute approximate surface area is 88.5 Å². The van der Waals surface area contributed by atoms with Crippen LogP contribution in [0, 0.1) is 0 Å². The van der Waals surface area contributed by atoms with Crippen LogP contribution in [0.25, 0.3) is 0 Å². The number of β-amino-alcohol motifs (C(OH)–C–C–N with tert-alkyl or cyclic N) is 1. The molecule has 1 aliphatic heterocycles. The molecule has 1 N–H and O–H groups in total. The number of aldehydes is 1. The lowest BCUT2D eigenvalue weighted by molar-refractivity contribution is 0.109. The summed E-state index contributed by atoms with van der Waals surface area (Å²) in [7, 11) is 0. The van der Waals surface area contributed by atoms with Crippen LogP contribution in [0.2, 0.25) is 0 Å². The van der Waals surface area contributed by atoms with Crippen LogP contribution in [0.5, 0.6) is 0 Å². The summed E-state index contributed by atoms with van der Waals surface area (Å²) in [5.41, 5.74) is 0. The molecular weight excluding hydrogens is 194 g/mol. The van der Waals surface area contributed by atoms with Gasteiger partial charge in [0.15, 0.2) is 17.9 Å². The van der Waals surface area contributed by atoms with Gasteiger partial charge in [-0.2, -0.15) is 0 Å². The van der Waals surface area contributed by atoms with E-state index in [1.54, 1.807) is 12.1 Å². The van der Waals surface area contributed by atoms with Crippen LogP contribution in [0.4, 0.5) is 5.88 Å². The maximum absolute atomic E-state index is 10.5. The summed E-state index contributed by atoms with van der Waals surface area (Å²) in [6.07, 6.45) is 2.16. The number of aliphatic hydroxyl groups is 1. The molecule has 1 aromatic rings. The maximum atomic E-state index is 10.5. The number of rotatable bonds is 2. The number of hydrogen-bond donors (Lipinski definition) is 1. The molecule has 0 radical (unpaired) electrons. The number of anilines is 1. The van der Waals surface area contributed by atoms with E-state index in [9.17, 15) is 9.90 Å². The van der Waals surface area contributed by atoms with E-state index in [4.69, 9.17) is 4.42 Å². The fraction of sp³-hybridized carbons (Fsp3) is 0.545. The fourth-order valence-electron chi connectivity index (χ4n) is 1.95. The van der Waals surface area contributed by atoms with Gasteiger partial charge < -0.3 is 14.4 Å². The topological polar surface area (TPSA) is 53.7 Å². The van der Waals surface area contributed by atoms with Gasteiger partial charge in [-0.3, -0.25) is 4.79 Å². The summed E-state index contributed by atoms with van der Waals surface area (Å²) in [6.45, 7) is 2.67. The van der Waals surface area contributed by atoms with Crippen molar-refractivity contribution in [3.05, 3.63) is 17.9 Å². The normalized spacial score (nSPS) is 26.7. The Morgan fingerprint density at radius 2 is 2.33 bits per heavy atom. The van der Waals surface area contributed by atoms with E-state index < -0.39 is 0 Å². The Kier molecular flexibility index (Phi) is 2.77. The van der Waals surface area contributed by atoms with Gasteiger partial charge in [0.25, 0.3) is 0 Å². The molecule has 0 amide bonds. The highest BCUT2D eigenvalue weighted by Gasteiger charge is 2.26. The first-order chi connectivity index (χ1) is 7.20. The van der Waals surface area contributed by atoms with Crippen LogP contribution in [0.3, 0.4) is 0 Å². The van der Waals surface area contributed by atoms with Crippen molar-refractivity contribution in [3.8, 4) is 0 Å². The van der Waals surface area contributed by atoms with Gasteiger partial charge >= 0.3 is 0 Å². The molecule has 0 bridgehead atoms. The first-order valence-electron chi connectivity index (χ1n) is 5.20. The van der Waals surface area contributed by atoms with E-state index in [0.29, 0.717) is 30.5 Å². The van der Waals surface area contributed by atoms with Gasteiger partial charge in [-0.25, -0.2) is 0 Å². The molecule has 0 unspecified atom stereocenters. The minimum Gasteiger partial charge on any atom is -0.438 e. The third kappa shape index (κ3) is 2.04. The molecule has 15 heavy (non-hydrogen) atoms. The Bertz CT molecular complexity index is 347. The summed E-state index contributed by atoms with van der Waals surface area (Å²) in [5.74, 6) is 1.00. The number of hydrogen-bond acceptors (Lipinski definition) is 4. The smallest absolute Gasteiger partial charge is 0.196 e. The average molecular weight is 209 g/mol. The molecule has 2 heterocycles. The maximum Gasteiger partial charge on any atom is 0.196 e. The Morgan fingerprint density at radius 1 is 1.53 bits per heavy atom. The van der Waals surface area contributed by atoms with E-state index >= 15 is 0 Å². The van der Waals surface area contributed by atoms with E-state index in [1.165, 1.54) is 0 Å².